The molecule has 5 nitrogen and oxygen atoms in total. The molecule has 0 saturated carbocycles. The summed E-state index contributed by atoms with van der Waals surface area (Å²) in [6, 6.07) is 76.8. The zero-order valence-corrected chi connectivity index (χ0v) is 36.4. The first-order valence-electron chi connectivity index (χ1n) is 22.8. The zero-order chi connectivity index (χ0) is 43.7. The van der Waals surface area contributed by atoms with E-state index in [1.807, 2.05) is 12.1 Å². The van der Waals surface area contributed by atoms with Gasteiger partial charge in [-0.2, -0.15) is 0 Å². The molecule has 0 aliphatic heterocycles. The second-order valence-corrected chi connectivity index (χ2v) is 18.2. The van der Waals surface area contributed by atoms with Gasteiger partial charge in [0.05, 0.1) is 50.2 Å². The van der Waals surface area contributed by atoms with Crippen molar-refractivity contribution in [1.29, 1.82) is 0 Å². The van der Waals surface area contributed by atoms with E-state index in [0.29, 0.717) is 5.95 Å². The van der Waals surface area contributed by atoms with E-state index in [1.165, 1.54) is 60.5 Å². The predicted octanol–water partition coefficient (Wildman–Crippen LogP) is 15.4. The maximum atomic E-state index is 5.33. The van der Waals surface area contributed by atoms with E-state index in [0.717, 1.165) is 61.0 Å². The largest absolute Gasteiger partial charge is 0.309 e. The topological polar surface area (TPSA) is 40.6 Å². The van der Waals surface area contributed by atoms with Crippen molar-refractivity contribution in [2.75, 3.05) is 0 Å². The minimum absolute atomic E-state index is 0.0568. The third-order valence-corrected chi connectivity index (χ3v) is 14.3. The van der Waals surface area contributed by atoms with Gasteiger partial charge in [-0.05, 0) is 82.9 Å². The molecular weight excluding hydrogens is 803 g/mol. The van der Waals surface area contributed by atoms with Gasteiger partial charge in [0.25, 0.3) is 0 Å². The highest BCUT2D eigenvalue weighted by molar-refractivity contribution is 6.29. The van der Waals surface area contributed by atoms with Crippen LogP contribution in [-0.4, -0.2) is 23.7 Å². The van der Waals surface area contributed by atoms with Crippen LogP contribution in [0.5, 0.6) is 0 Å². The van der Waals surface area contributed by atoms with Gasteiger partial charge in [0, 0.05) is 54.5 Å². The lowest BCUT2D eigenvalue weighted by atomic mass is 9.82. The highest BCUT2D eigenvalue weighted by atomic mass is 15.2. The maximum Gasteiger partial charge on any atom is 0.235 e. The number of hydrogen-bond acceptors (Lipinski definition) is 2. The molecule has 1 aliphatic rings. The van der Waals surface area contributed by atoms with Crippen molar-refractivity contribution in [1.82, 2.24) is 23.7 Å². The molecule has 310 valence electrons. The highest BCUT2D eigenvalue weighted by Gasteiger charge is 2.35. The lowest BCUT2D eigenvalue weighted by molar-refractivity contribution is 0.660. The second-order valence-electron chi connectivity index (χ2n) is 18.2. The Morgan fingerprint density at radius 2 is 0.833 bits per heavy atom. The van der Waals surface area contributed by atoms with Gasteiger partial charge in [-0.3, -0.25) is 4.57 Å². The number of fused-ring (bicyclic) bond motifs is 13. The molecule has 4 heterocycles. The van der Waals surface area contributed by atoms with Crippen molar-refractivity contribution >= 4 is 65.4 Å². The Hall–Kier alpha value is -8.54. The molecule has 4 aromatic heterocycles. The van der Waals surface area contributed by atoms with Gasteiger partial charge in [0.2, 0.25) is 5.95 Å². The van der Waals surface area contributed by atoms with Gasteiger partial charge >= 0.3 is 0 Å². The summed E-state index contributed by atoms with van der Waals surface area (Å²) in [7, 11) is 0. The van der Waals surface area contributed by atoms with E-state index >= 15 is 0 Å². The Bertz CT molecular complexity index is 4070. The van der Waals surface area contributed by atoms with Crippen molar-refractivity contribution in [2.24, 2.45) is 0 Å². The molecule has 0 amide bonds. The smallest absolute Gasteiger partial charge is 0.235 e. The summed E-state index contributed by atoms with van der Waals surface area (Å²) in [6.07, 6.45) is 0. The molecule has 5 heteroatoms. The summed E-state index contributed by atoms with van der Waals surface area (Å²) in [4.78, 5) is 10.7. The number of para-hydroxylation sites is 3. The van der Waals surface area contributed by atoms with Crippen LogP contribution < -0.4 is 0 Å². The minimum atomic E-state index is -0.0568. The Morgan fingerprint density at radius 1 is 0.348 bits per heavy atom. The number of benzene rings is 9. The summed E-state index contributed by atoms with van der Waals surface area (Å²) < 4.78 is 7.22. The number of aromatic nitrogens is 5. The molecule has 0 bridgehead atoms. The average Bonchev–Trinajstić information content (AvgIpc) is 4.08. The van der Waals surface area contributed by atoms with E-state index in [9.17, 15) is 0 Å². The summed E-state index contributed by atoms with van der Waals surface area (Å²) in [5.41, 5.74) is 18.3. The molecule has 0 spiro atoms. The SMILES string of the molecule is CC1(C)c2ccccc2-c2cc(-n3c4ccccc4c4c5c6ccccc6n(-c6cccc7c6c6ccccc6n7-c6nc(-c7ccccc7)cc(-c7ccccc7)n6)c5ccc43)ccc21. The Balaban J connectivity index is 1.04. The molecule has 0 atom stereocenters. The fourth-order valence-corrected chi connectivity index (χ4v) is 11.4. The molecule has 66 heavy (non-hydrogen) atoms. The standard InChI is InChI=1S/C61H41N5/c1-61(2)46-26-13-9-22-41(46)45-36-40(32-33-47(45)61)64-50-27-14-11-24-43(50)58-55(64)34-35-56-59(58)44-25-12-15-28-51(44)65(56)53-30-17-31-54-57(53)42-23-10-16-29-52(42)66(54)60-62-48(38-18-5-3-6-19-38)37-49(63-60)39-20-7-4-8-21-39/h3-37H,1-2H3. The first-order chi connectivity index (χ1) is 32.5. The Labute approximate surface area is 381 Å². The molecule has 0 unspecified atom stereocenters. The second kappa shape index (κ2) is 13.7. The number of nitrogens with zero attached hydrogens (tertiary/aromatic N) is 5. The third-order valence-electron chi connectivity index (χ3n) is 14.3. The third kappa shape index (κ3) is 5.11. The number of rotatable bonds is 5. The maximum absolute atomic E-state index is 5.33. The molecule has 9 aromatic carbocycles. The van der Waals surface area contributed by atoms with E-state index in [2.05, 4.69) is 228 Å². The minimum Gasteiger partial charge on any atom is -0.309 e. The summed E-state index contributed by atoms with van der Waals surface area (Å²) in [5.74, 6) is 0.633. The van der Waals surface area contributed by atoms with Gasteiger partial charge in [-0.15, -0.1) is 0 Å². The molecule has 0 saturated heterocycles. The van der Waals surface area contributed by atoms with Crippen molar-refractivity contribution in [2.45, 2.75) is 19.3 Å². The quantitative estimate of drug-likeness (QED) is 0.173. The van der Waals surface area contributed by atoms with Gasteiger partial charge in [-0.1, -0.05) is 166 Å². The predicted molar refractivity (Wildman–Crippen MR) is 273 cm³/mol. The first kappa shape index (κ1) is 36.9. The van der Waals surface area contributed by atoms with Crippen LogP contribution in [0.3, 0.4) is 0 Å². The van der Waals surface area contributed by atoms with Crippen LogP contribution in [0.2, 0.25) is 0 Å². The van der Waals surface area contributed by atoms with Crippen LogP contribution in [0.4, 0.5) is 0 Å². The van der Waals surface area contributed by atoms with E-state index in [-0.39, 0.29) is 5.41 Å². The molecule has 0 N–H and O–H groups in total. The Kier molecular flexibility index (Phi) is 7.68. The van der Waals surface area contributed by atoms with Crippen molar-refractivity contribution in [3.05, 3.63) is 223 Å². The van der Waals surface area contributed by atoms with Crippen LogP contribution in [0, 0.1) is 0 Å². The van der Waals surface area contributed by atoms with Crippen LogP contribution in [0.1, 0.15) is 25.0 Å². The van der Waals surface area contributed by atoms with Crippen molar-refractivity contribution in [3.8, 4) is 51.0 Å². The Morgan fingerprint density at radius 3 is 1.48 bits per heavy atom. The van der Waals surface area contributed by atoms with Crippen LogP contribution in [0.15, 0.2) is 212 Å². The van der Waals surface area contributed by atoms with Crippen LogP contribution in [0.25, 0.3) is 116 Å². The average molecular weight is 844 g/mol. The van der Waals surface area contributed by atoms with E-state index in [1.54, 1.807) is 0 Å². The normalized spacial score (nSPS) is 13.1. The number of hydrogen-bond donors (Lipinski definition) is 0. The van der Waals surface area contributed by atoms with Gasteiger partial charge in [-0.25, -0.2) is 9.97 Å². The molecular formula is C61H41N5. The zero-order valence-electron chi connectivity index (χ0n) is 36.4. The molecule has 0 fully saturated rings. The summed E-state index contributed by atoms with van der Waals surface area (Å²) in [5, 5.41) is 7.25. The summed E-state index contributed by atoms with van der Waals surface area (Å²) >= 11 is 0. The molecule has 13 aromatic rings. The van der Waals surface area contributed by atoms with Gasteiger partial charge in [0.15, 0.2) is 0 Å². The van der Waals surface area contributed by atoms with Crippen molar-refractivity contribution in [3.63, 3.8) is 0 Å². The lowest BCUT2D eigenvalue weighted by Crippen LogP contribution is -2.14. The molecule has 14 rings (SSSR count). The van der Waals surface area contributed by atoms with Gasteiger partial charge < -0.3 is 9.13 Å². The monoisotopic (exact) mass is 843 g/mol. The van der Waals surface area contributed by atoms with E-state index in [4.69, 9.17) is 9.97 Å². The van der Waals surface area contributed by atoms with E-state index < -0.39 is 0 Å². The molecule has 0 radical (unpaired) electrons. The fourth-order valence-electron chi connectivity index (χ4n) is 11.4. The van der Waals surface area contributed by atoms with Gasteiger partial charge in [0.1, 0.15) is 0 Å². The van der Waals surface area contributed by atoms with Crippen molar-refractivity contribution < 1.29 is 0 Å². The van der Waals surface area contributed by atoms with Crippen LogP contribution in [-0.2, 0) is 5.41 Å². The summed E-state index contributed by atoms with van der Waals surface area (Å²) in [6.45, 7) is 4.70. The first-order valence-corrected chi connectivity index (χ1v) is 22.8. The fraction of sp³-hybridized carbons (Fsp3) is 0.0492. The lowest BCUT2D eigenvalue weighted by Gasteiger charge is -2.21. The van der Waals surface area contributed by atoms with Crippen LogP contribution >= 0.6 is 0 Å². The highest BCUT2D eigenvalue weighted by Crippen LogP contribution is 2.50. The molecule has 1 aliphatic carbocycles.